The van der Waals surface area contributed by atoms with Gasteiger partial charge in [0.2, 0.25) is 0 Å². The molecule has 1 aromatic carbocycles. The van der Waals surface area contributed by atoms with Gasteiger partial charge in [0.25, 0.3) is 15.9 Å². The molecule has 0 fully saturated rings. The van der Waals surface area contributed by atoms with Gasteiger partial charge in [-0.3, -0.25) is 9.80 Å². The Morgan fingerprint density at radius 2 is 1.92 bits per heavy atom. The van der Waals surface area contributed by atoms with Crippen LogP contribution in [0.4, 0.5) is 0 Å². The highest BCUT2D eigenvalue weighted by atomic mass is 32.2. The van der Waals surface area contributed by atoms with Gasteiger partial charge in [-0.15, -0.1) is 4.83 Å². The molecule has 8 heteroatoms. The maximum absolute atomic E-state index is 12.5. The lowest BCUT2D eigenvalue weighted by Gasteiger charge is -2.28. The van der Waals surface area contributed by atoms with Crippen molar-refractivity contribution in [2.45, 2.75) is 18.4 Å². The molecule has 1 N–H and O–H groups in total. The number of carbonyl (C=O) groups excluding carboxylic acids is 1. The zero-order chi connectivity index (χ0) is 16.9. The molecule has 7 nitrogen and oxygen atoms in total. The minimum Gasteiger partial charge on any atom is -0.306 e. The van der Waals surface area contributed by atoms with Crippen LogP contribution in [0.25, 0.3) is 5.65 Å². The Balaban J connectivity index is 1.71. The van der Waals surface area contributed by atoms with Crippen LogP contribution in [0.1, 0.15) is 21.6 Å². The number of nitrogens with one attached hydrogen (secondary N) is 1. The van der Waals surface area contributed by atoms with Crippen molar-refractivity contribution in [2.24, 2.45) is 0 Å². The van der Waals surface area contributed by atoms with Crippen LogP contribution in [-0.4, -0.2) is 28.7 Å². The Bertz CT molecular complexity index is 1070. The summed E-state index contributed by atoms with van der Waals surface area (Å²) >= 11 is 0. The molecule has 3 aromatic rings. The smallest absolute Gasteiger partial charge is 0.270 e. The summed E-state index contributed by atoms with van der Waals surface area (Å²) in [6.07, 6.45) is 3.70. The Hall–Kier alpha value is -2.71. The Labute approximate surface area is 138 Å². The van der Waals surface area contributed by atoms with Crippen molar-refractivity contribution < 1.29 is 13.2 Å². The van der Waals surface area contributed by atoms with Crippen LogP contribution in [-0.2, 0) is 16.6 Å². The summed E-state index contributed by atoms with van der Waals surface area (Å²) in [7, 11) is -3.76. The number of aryl methyl sites for hydroxylation is 1. The van der Waals surface area contributed by atoms with E-state index in [-0.39, 0.29) is 17.0 Å². The summed E-state index contributed by atoms with van der Waals surface area (Å²) in [5, 5.41) is 1.08. The van der Waals surface area contributed by atoms with Crippen LogP contribution in [0.15, 0.2) is 53.7 Å². The molecule has 122 valence electrons. The van der Waals surface area contributed by atoms with E-state index in [0.29, 0.717) is 5.69 Å². The van der Waals surface area contributed by atoms with E-state index in [2.05, 4.69) is 9.82 Å². The van der Waals surface area contributed by atoms with Crippen LogP contribution < -0.4 is 4.83 Å². The van der Waals surface area contributed by atoms with Gasteiger partial charge in [-0.1, -0.05) is 18.2 Å². The first kappa shape index (κ1) is 14.9. The molecule has 3 heterocycles. The normalized spacial score (nSPS) is 16.4. The van der Waals surface area contributed by atoms with Crippen molar-refractivity contribution in [2.75, 3.05) is 0 Å². The minimum absolute atomic E-state index is 0.00289. The average Bonchev–Trinajstić information content (AvgIpc) is 2.93. The van der Waals surface area contributed by atoms with Gasteiger partial charge < -0.3 is 4.40 Å². The highest BCUT2D eigenvalue weighted by Gasteiger charge is 2.34. The van der Waals surface area contributed by atoms with Crippen LogP contribution in [0, 0.1) is 6.92 Å². The van der Waals surface area contributed by atoms with Crippen LogP contribution in [0.2, 0.25) is 0 Å². The van der Waals surface area contributed by atoms with Gasteiger partial charge in [0.05, 0.1) is 22.7 Å². The second-order valence-corrected chi connectivity index (χ2v) is 7.32. The number of hydrogen-bond acceptors (Lipinski definition) is 4. The number of pyridine rings is 1. The summed E-state index contributed by atoms with van der Waals surface area (Å²) in [6, 6.07) is 9.97. The van der Waals surface area contributed by atoms with Gasteiger partial charge in [-0.05, 0) is 30.7 Å². The number of rotatable bonds is 2. The lowest BCUT2D eigenvalue weighted by Crippen LogP contribution is -2.49. The number of nitrogens with zero attached hydrogens (tertiary/aromatic N) is 3. The first-order valence-corrected chi connectivity index (χ1v) is 8.80. The molecule has 0 saturated heterocycles. The number of hydrogen-bond donors (Lipinski definition) is 1. The molecule has 1 amide bonds. The van der Waals surface area contributed by atoms with E-state index in [1.165, 1.54) is 12.1 Å². The molecule has 0 radical (unpaired) electrons. The summed E-state index contributed by atoms with van der Waals surface area (Å²) in [6.45, 7) is 2.02. The lowest BCUT2D eigenvalue weighted by atomic mass is 10.2. The zero-order valence-corrected chi connectivity index (χ0v) is 13.6. The highest BCUT2D eigenvalue weighted by molar-refractivity contribution is 7.89. The molecule has 24 heavy (non-hydrogen) atoms. The summed E-state index contributed by atoms with van der Waals surface area (Å²) in [4.78, 5) is 19.3. The largest absolute Gasteiger partial charge is 0.306 e. The van der Waals surface area contributed by atoms with Crippen molar-refractivity contribution in [1.29, 1.82) is 0 Å². The standard InChI is InChI=1S/C16H14N4O3S/c1-11-6-7-15-17-12(9-19(15)8-11)10-20-16(21)13-4-2-3-5-14(13)24(22,23)18-20/h2-9,18H,10H2,1H3. The molecule has 2 aromatic heterocycles. The van der Waals surface area contributed by atoms with Gasteiger partial charge in [0, 0.05) is 12.4 Å². The Morgan fingerprint density at radius 3 is 2.75 bits per heavy atom. The van der Waals surface area contributed by atoms with Crippen LogP contribution >= 0.6 is 0 Å². The number of benzene rings is 1. The van der Waals surface area contributed by atoms with Crippen molar-refractivity contribution in [1.82, 2.24) is 19.2 Å². The highest BCUT2D eigenvalue weighted by Crippen LogP contribution is 2.23. The number of aromatic nitrogens is 2. The fourth-order valence-corrected chi connectivity index (χ4v) is 4.00. The number of sulfonamides is 1. The summed E-state index contributed by atoms with van der Waals surface area (Å²) in [5.74, 6) is -0.395. The van der Waals surface area contributed by atoms with Gasteiger partial charge >= 0.3 is 0 Å². The molecule has 0 saturated carbocycles. The number of carbonyl (C=O) groups is 1. The van der Waals surface area contributed by atoms with Crippen LogP contribution in [0.3, 0.4) is 0 Å². The van der Waals surface area contributed by atoms with Crippen molar-refractivity contribution in [3.63, 3.8) is 0 Å². The lowest BCUT2D eigenvalue weighted by molar-refractivity contribution is 0.0685. The quantitative estimate of drug-likeness (QED) is 0.765. The van der Waals surface area contributed by atoms with Crippen molar-refractivity contribution >= 4 is 21.6 Å². The van der Waals surface area contributed by atoms with E-state index in [0.717, 1.165) is 16.2 Å². The number of amides is 1. The molecule has 1 aliphatic rings. The zero-order valence-electron chi connectivity index (χ0n) is 12.8. The second kappa shape index (κ2) is 5.15. The third-order valence-corrected chi connectivity index (χ3v) is 5.25. The molecule has 0 bridgehead atoms. The second-order valence-electron chi connectivity index (χ2n) is 5.69. The van der Waals surface area contributed by atoms with E-state index >= 15 is 0 Å². The van der Waals surface area contributed by atoms with E-state index in [9.17, 15) is 13.2 Å². The topological polar surface area (TPSA) is 83.8 Å². The van der Waals surface area contributed by atoms with Gasteiger partial charge in [0.1, 0.15) is 5.65 Å². The fourth-order valence-electron chi connectivity index (χ4n) is 2.76. The fraction of sp³-hybridized carbons (Fsp3) is 0.125. The van der Waals surface area contributed by atoms with Crippen molar-refractivity contribution in [3.8, 4) is 0 Å². The first-order chi connectivity index (χ1) is 11.4. The third-order valence-electron chi connectivity index (χ3n) is 3.85. The summed E-state index contributed by atoms with van der Waals surface area (Å²) < 4.78 is 26.5. The van der Waals surface area contributed by atoms with Crippen LogP contribution in [0.5, 0.6) is 0 Å². The van der Waals surface area contributed by atoms with Gasteiger partial charge in [0.15, 0.2) is 0 Å². The number of fused-ring (bicyclic) bond motifs is 2. The van der Waals surface area contributed by atoms with E-state index in [4.69, 9.17) is 0 Å². The Kier molecular flexibility index (Phi) is 3.19. The predicted molar refractivity (Wildman–Crippen MR) is 86.6 cm³/mol. The molecule has 1 aliphatic heterocycles. The first-order valence-electron chi connectivity index (χ1n) is 7.32. The Morgan fingerprint density at radius 1 is 1.12 bits per heavy atom. The maximum Gasteiger partial charge on any atom is 0.270 e. The molecule has 0 unspecified atom stereocenters. The monoisotopic (exact) mass is 342 g/mol. The molecule has 0 spiro atoms. The van der Waals surface area contributed by atoms with Gasteiger partial charge in [-0.25, -0.2) is 13.4 Å². The molecular formula is C16H14N4O3S. The maximum atomic E-state index is 12.5. The van der Waals surface area contributed by atoms with Gasteiger partial charge in [-0.2, -0.15) is 0 Å². The minimum atomic E-state index is -3.76. The van der Waals surface area contributed by atoms with Crippen molar-refractivity contribution in [3.05, 3.63) is 65.6 Å². The van der Waals surface area contributed by atoms with E-state index in [1.54, 1.807) is 18.3 Å². The summed E-state index contributed by atoms with van der Waals surface area (Å²) in [5.41, 5.74) is 2.57. The molecule has 0 aliphatic carbocycles. The van der Waals surface area contributed by atoms with E-state index in [1.807, 2.05) is 29.7 Å². The number of imidazole rings is 1. The third kappa shape index (κ3) is 2.36. The molecule has 0 atom stereocenters. The molecular weight excluding hydrogens is 328 g/mol. The number of hydrazine groups is 1. The van der Waals surface area contributed by atoms with E-state index < -0.39 is 15.9 Å². The SMILES string of the molecule is Cc1ccc2nc(CN3NS(=O)(=O)c4ccccc4C3=O)cn2c1. The average molecular weight is 342 g/mol. The molecule has 4 rings (SSSR count). The predicted octanol–water partition coefficient (Wildman–Crippen LogP) is 1.49.